The van der Waals surface area contributed by atoms with E-state index in [1.165, 1.54) is 6.07 Å². The third-order valence-corrected chi connectivity index (χ3v) is 3.52. The molecule has 0 amide bonds. The van der Waals surface area contributed by atoms with Crippen LogP contribution in [0.4, 0.5) is 5.88 Å². The predicted octanol–water partition coefficient (Wildman–Crippen LogP) is 1.78. The van der Waals surface area contributed by atoms with Crippen molar-refractivity contribution in [3.05, 3.63) is 28.0 Å². The topological polar surface area (TPSA) is 79.8 Å². The molecule has 18 heavy (non-hydrogen) atoms. The molecule has 0 saturated carbocycles. The molecule has 1 aliphatic rings. The molecule has 1 aliphatic heterocycles. The molecule has 0 spiro atoms. The highest BCUT2D eigenvalue weighted by Crippen LogP contribution is 2.23. The van der Waals surface area contributed by atoms with Gasteiger partial charge < -0.3 is 9.52 Å². The van der Waals surface area contributed by atoms with E-state index in [9.17, 15) is 15.2 Å². The van der Waals surface area contributed by atoms with Gasteiger partial charge in [0, 0.05) is 0 Å². The SMILES string of the molecule is CC(O)C1CCN(Cc2ccc([N+](=O)[O-])o2)CC1. The van der Waals surface area contributed by atoms with Crippen molar-refractivity contribution in [2.75, 3.05) is 13.1 Å². The molecule has 0 aliphatic carbocycles. The van der Waals surface area contributed by atoms with Gasteiger partial charge in [-0.1, -0.05) is 0 Å². The Hall–Kier alpha value is -1.40. The van der Waals surface area contributed by atoms with Gasteiger partial charge >= 0.3 is 5.88 Å². The van der Waals surface area contributed by atoms with Crippen molar-refractivity contribution in [1.29, 1.82) is 0 Å². The van der Waals surface area contributed by atoms with Gasteiger partial charge in [-0.15, -0.1) is 0 Å². The number of aliphatic hydroxyl groups is 1. The second-order valence-corrected chi connectivity index (χ2v) is 4.85. The lowest BCUT2D eigenvalue weighted by Gasteiger charge is -2.32. The number of nitrogens with zero attached hydrogens (tertiary/aromatic N) is 2. The van der Waals surface area contributed by atoms with Crippen molar-refractivity contribution in [3.63, 3.8) is 0 Å². The first kappa shape index (κ1) is 13.0. The molecular formula is C12H18N2O4. The van der Waals surface area contributed by atoms with E-state index in [0.29, 0.717) is 18.2 Å². The van der Waals surface area contributed by atoms with Crippen LogP contribution >= 0.6 is 0 Å². The molecule has 1 saturated heterocycles. The van der Waals surface area contributed by atoms with Crippen LogP contribution in [0.1, 0.15) is 25.5 Å². The van der Waals surface area contributed by atoms with Crippen molar-refractivity contribution in [2.45, 2.75) is 32.4 Å². The molecule has 1 atom stereocenters. The molecule has 1 aromatic rings. The lowest BCUT2D eigenvalue weighted by molar-refractivity contribution is -0.402. The largest absolute Gasteiger partial charge is 0.433 e. The lowest BCUT2D eigenvalue weighted by Crippen LogP contribution is -2.36. The molecule has 2 heterocycles. The number of piperidine rings is 1. The smallest absolute Gasteiger partial charge is 0.404 e. The summed E-state index contributed by atoms with van der Waals surface area (Å²) in [7, 11) is 0. The number of rotatable bonds is 4. The monoisotopic (exact) mass is 254 g/mol. The molecule has 1 aromatic heterocycles. The van der Waals surface area contributed by atoms with E-state index >= 15 is 0 Å². The number of aliphatic hydroxyl groups excluding tert-OH is 1. The molecule has 1 unspecified atom stereocenters. The molecule has 0 radical (unpaired) electrons. The van der Waals surface area contributed by atoms with Gasteiger partial charge in [0.2, 0.25) is 0 Å². The zero-order chi connectivity index (χ0) is 13.1. The number of furan rings is 1. The van der Waals surface area contributed by atoms with Gasteiger partial charge in [0.25, 0.3) is 0 Å². The van der Waals surface area contributed by atoms with Gasteiger partial charge in [0.05, 0.1) is 18.7 Å². The second-order valence-electron chi connectivity index (χ2n) is 4.85. The number of likely N-dealkylation sites (tertiary alicyclic amines) is 1. The fourth-order valence-corrected chi connectivity index (χ4v) is 2.36. The normalized spacial score (nSPS) is 19.9. The Balaban J connectivity index is 1.85. The highest BCUT2D eigenvalue weighted by Gasteiger charge is 2.23. The first-order valence-corrected chi connectivity index (χ1v) is 6.20. The highest BCUT2D eigenvalue weighted by molar-refractivity contribution is 5.17. The molecule has 2 rings (SSSR count). The van der Waals surface area contributed by atoms with Crippen molar-refractivity contribution in [3.8, 4) is 0 Å². The maximum absolute atomic E-state index is 10.5. The van der Waals surface area contributed by atoms with Gasteiger partial charge in [-0.3, -0.25) is 15.0 Å². The highest BCUT2D eigenvalue weighted by atomic mass is 16.6. The zero-order valence-electron chi connectivity index (χ0n) is 10.4. The Morgan fingerprint density at radius 3 is 2.72 bits per heavy atom. The first-order chi connectivity index (χ1) is 8.56. The summed E-state index contributed by atoms with van der Waals surface area (Å²) in [6.07, 6.45) is 1.66. The van der Waals surface area contributed by atoms with E-state index in [1.807, 2.05) is 6.92 Å². The van der Waals surface area contributed by atoms with E-state index in [1.54, 1.807) is 6.07 Å². The van der Waals surface area contributed by atoms with Crippen LogP contribution in [0.5, 0.6) is 0 Å². The van der Waals surface area contributed by atoms with Gasteiger partial charge in [0.1, 0.15) is 10.7 Å². The quantitative estimate of drug-likeness (QED) is 0.654. The maximum atomic E-state index is 10.5. The van der Waals surface area contributed by atoms with Crippen LogP contribution in [0.25, 0.3) is 0 Å². The molecule has 6 heteroatoms. The zero-order valence-corrected chi connectivity index (χ0v) is 10.4. The Morgan fingerprint density at radius 2 is 2.22 bits per heavy atom. The Bertz CT molecular complexity index is 408. The minimum absolute atomic E-state index is 0.205. The number of hydrogen-bond donors (Lipinski definition) is 1. The average Bonchev–Trinajstić information content (AvgIpc) is 2.78. The van der Waals surface area contributed by atoms with E-state index in [2.05, 4.69) is 4.90 Å². The first-order valence-electron chi connectivity index (χ1n) is 6.20. The van der Waals surface area contributed by atoms with E-state index in [0.717, 1.165) is 25.9 Å². The van der Waals surface area contributed by atoms with Crippen molar-refractivity contribution >= 4 is 5.88 Å². The molecule has 0 aromatic carbocycles. The van der Waals surface area contributed by atoms with E-state index in [-0.39, 0.29) is 12.0 Å². The summed E-state index contributed by atoms with van der Waals surface area (Å²) in [5, 5.41) is 20.0. The summed E-state index contributed by atoms with van der Waals surface area (Å²) in [6.45, 7) is 4.21. The molecule has 6 nitrogen and oxygen atoms in total. The van der Waals surface area contributed by atoms with Crippen LogP contribution in [-0.4, -0.2) is 34.1 Å². The number of hydrogen-bond acceptors (Lipinski definition) is 5. The maximum Gasteiger partial charge on any atom is 0.433 e. The van der Waals surface area contributed by atoms with Crippen LogP contribution in [0, 0.1) is 16.0 Å². The molecule has 1 N–H and O–H groups in total. The van der Waals surface area contributed by atoms with Gasteiger partial charge in [-0.25, -0.2) is 0 Å². The predicted molar refractivity (Wildman–Crippen MR) is 65.0 cm³/mol. The number of nitro groups is 1. The van der Waals surface area contributed by atoms with Crippen LogP contribution in [0.15, 0.2) is 16.5 Å². The minimum atomic E-state index is -0.525. The summed E-state index contributed by atoms with van der Waals surface area (Å²) in [4.78, 5) is 12.2. The Kier molecular flexibility index (Phi) is 3.98. The van der Waals surface area contributed by atoms with Crippen LogP contribution in [0.2, 0.25) is 0 Å². The second kappa shape index (κ2) is 5.49. The Labute approximate surface area is 105 Å². The Morgan fingerprint density at radius 1 is 1.56 bits per heavy atom. The average molecular weight is 254 g/mol. The summed E-state index contributed by atoms with van der Waals surface area (Å²) >= 11 is 0. The molecule has 0 bridgehead atoms. The molecule has 1 fully saturated rings. The minimum Gasteiger partial charge on any atom is -0.404 e. The fourth-order valence-electron chi connectivity index (χ4n) is 2.36. The van der Waals surface area contributed by atoms with Gasteiger partial charge in [-0.05, 0) is 44.8 Å². The third kappa shape index (κ3) is 3.08. The summed E-state index contributed by atoms with van der Waals surface area (Å²) in [5.74, 6) is 0.785. The summed E-state index contributed by atoms with van der Waals surface area (Å²) in [6, 6.07) is 3.04. The fraction of sp³-hybridized carbons (Fsp3) is 0.667. The lowest BCUT2D eigenvalue weighted by atomic mass is 9.92. The van der Waals surface area contributed by atoms with Crippen molar-refractivity contribution in [1.82, 2.24) is 4.90 Å². The standard InChI is InChI=1S/C12H18N2O4/c1-9(15)10-4-6-13(7-5-10)8-11-2-3-12(18-11)14(16)17/h2-3,9-10,15H,4-8H2,1H3. The van der Waals surface area contributed by atoms with Crippen molar-refractivity contribution < 1.29 is 14.4 Å². The van der Waals surface area contributed by atoms with E-state index < -0.39 is 4.92 Å². The summed E-state index contributed by atoms with van der Waals surface area (Å²) < 4.78 is 5.13. The van der Waals surface area contributed by atoms with Crippen LogP contribution < -0.4 is 0 Å². The van der Waals surface area contributed by atoms with Gasteiger partial charge in [-0.2, -0.15) is 0 Å². The van der Waals surface area contributed by atoms with Crippen molar-refractivity contribution in [2.24, 2.45) is 5.92 Å². The van der Waals surface area contributed by atoms with Gasteiger partial charge in [0.15, 0.2) is 0 Å². The van der Waals surface area contributed by atoms with E-state index in [4.69, 9.17) is 4.42 Å². The summed E-state index contributed by atoms with van der Waals surface area (Å²) in [5.41, 5.74) is 0. The molecular weight excluding hydrogens is 236 g/mol. The van der Waals surface area contributed by atoms with Crippen LogP contribution in [-0.2, 0) is 6.54 Å². The molecule has 100 valence electrons. The van der Waals surface area contributed by atoms with Crippen LogP contribution in [0.3, 0.4) is 0 Å². The third-order valence-electron chi connectivity index (χ3n) is 3.52.